The van der Waals surface area contributed by atoms with E-state index in [1.807, 2.05) is 32.0 Å². The first-order valence-corrected chi connectivity index (χ1v) is 5.85. The van der Waals surface area contributed by atoms with Crippen molar-refractivity contribution in [1.82, 2.24) is 0 Å². The molecule has 0 aliphatic carbocycles. The minimum atomic E-state index is -0.225. The molecule has 0 bridgehead atoms. The fourth-order valence-electron chi connectivity index (χ4n) is 1.36. The Hall–Kier alpha value is -1.31. The van der Waals surface area contributed by atoms with Crippen LogP contribution in [0.4, 0.5) is 0 Å². The molecule has 0 aliphatic heterocycles. The van der Waals surface area contributed by atoms with Gasteiger partial charge in [0.2, 0.25) is 0 Å². The number of rotatable bonds is 4. The van der Waals surface area contributed by atoms with Crippen molar-refractivity contribution in [2.24, 2.45) is 0 Å². The molecule has 0 saturated carbocycles. The molecule has 1 atom stereocenters. The van der Waals surface area contributed by atoms with Crippen molar-refractivity contribution < 1.29 is 9.53 Å². The van der Waals surface area contributed by atoms with Crippen molar-refractivity contribution in [3.8, 4) is 0 Å². The summed E-state index contributed by atoms with van der Waals surface area (Å²) in [5.74, 6) is 0.202. The summed E-state index contributed by atoms with van der Waals surface area (Å²) >= 11 is 0. The van der Waals surface area contributed by atoms with Crippen molar-refractivity contribution in [2.75, 3.05) is 0 Å². The van der Waals surface area contributed by atoms with E-state index in [-0.39, 0.29) is 12.1 Å². The fourth-order valence-corrected chi connectivity index (χ4v) is 1.36. The van der Waals surface area contributed by atoms with Crippen LogP contribution in [0, 0.1) is 0 Å². The molecule has 0 spiro atoms. The van der Waals surface area contributed by atoms with Crippen LogP contribution in [0.2, 0.25) is 0 Å². The number of hydrogen-bond donors (Lipinski definition) is 0. The van der Waals surface area contributed by atoms with E-state index in [0.717, 1.165) is 6.42 Å². The van der Waals surface area contributed by atoms with Crippen LogP contribution >= 0.6 is 0 Å². The standard InChI is InChI=1S/C14H20O2/c1-5-11(4)16-14(15)13-8-6-7-12(9-13)10(2)3/h6-11H,5H2,1-4H3. The molecule has 0 heterocycles. The normalized spacial score (nSPS) is 12.6. The largest absolute Gasteiger partial charge is 0.459 e. The summed E-state index contributed by atoms with van der Waals surface area (Å²) in [5.41, 5.74) is 1.81. The average Bonchev–Trinajstić information content (AvgIpc) is 2.28. The van der Waals surface area contributed by atoms with E-state index in [4.69, 9.17) is 4.74 Å². The Morgan fingerprint density at radius 3 is 2.56 bits per heavy atom. The number of ether oxygens (including phenoxy) is 1. The molecule has 2 nitrogen and oxygen atoms in total. The van der Waals surface area contributed by atoms with Gasteiger partial charge in [-0.1, -0.05) is 32.9 Å². The monoisotopic (exact) mass is 220 g/mol. The first-order valence-electron chi connectivity index (χ1n) is 5.85. The van der Waals surface area contributed by atoms with E-state index in [9.17, 15) is 4.79 Å². The Balaban J connectivity index is 2.79. The van der Waals surface area contributed by atoms with Gasteiger partial charge < -0.3 is 4.74 Å². The summed E-state index contributed by atoms with van der Waals surface area (Å²) in [5, 5.41) is 0. The van der Waals surface area contributed by atoms with E-state index < -0.39 is 0 Å². The number of carbonyl (C=O) groups excluding carboxylic acids is 1. The van der Waals surface area contributed by atoms with E-state index in [1.54, 1.807) is 6.07 Å². The molecular weight excluding hydrogens is 200 g/mol. The summed E-state index contributed by atoms with van der Waals surface area (Å²) in [6.07, 6.45) is 0.825. The van der Waals surface area contributed by atoms with Crippen molar-refractivity contribution >= 4 is 5.97 Å². The number of carbonyl (C=O) groups is 1. The third kappa shape index (κ3) is 3.37. The molecule has 0 N–H and O–H groups in total. The summed E-state index contributed by atoms with van der Waals surface area (Å²) in [6.45, 7) is 8.13. The second-order valence-electron chi connectivity index (χ2n) is 4.40. The first kappa shape index (κ1) is 12.8. The van der Waals surface area contributed by atoms with Gasteiger partial charge in [-0.2, -0.15) is 0 Å². The summed E-state index contributed by atoms with van der Waals surface area (Å²) in [7, 11) is 0. The summed E-state index contributed by atoms with van der Waals surface area (Å²) in [6, 6.07) is 7.65. The van der Waals surface area contributed by atoms with Crippen molar-refractivity contribution in [2.45, 2.75) is 46.1 Å². The molecule has 1 aromatic carbocycles. The quantitative estimate of drug-likeness (QED) is 0.722. The second-order valence-corrected chi connectivity index (χ2v) is 4.40. The average molecular weight is 220 g/mol. The highest BCUT2D eigenvalue weighted by atomic mass is 16.5. The molecule has 2 heteroatoms. The highest BCUT2D eigenvalue weighted by Gasteiger charge is 2.11. The van der Waals surface area contributed by atoms with Crippen LogP contribution in [0.3, 0.4) is 0 Å². The van der Waals surface area contributed by atoms with Crippen LogP contribution in [0.25, 0.3) is 0 Å². The van der Waals surface area contributed by atoms with Gasteiger partial charge >= 0.3 is 5.97 Å². The van der Waals surface area contributed by atoms with Gasteiger partial charge in [-0.3, -0.25) is 0 Å². The lowest BCUT2D eigenvalue weighted by molar-refractivity contribution is 0.0334. The van der Waals surface area contributed by atoms with Crippen molar-refractivity contribution in [1.29, 1.82) is 0 Å². The summed E-state index contributed by atoms with van der Waals surface area (Å²) < 4.78 is 5.28. The molecule has 88 valence electrons. The van der Waals surface area contributed by atoms with E-state index >= 15 is 0 Å². The molecule has 1 aromatic rings. The predicted octanol–water partition coefficient (Wildman–Crippen LogP) is 3.77. The highest BCUT2D eigenvalue weighted by molar-refractivity contribution is 5.89. The second kappa shape index (κ2) is 5.69. The fraction of sp³-hybridized carbons (Fsp3) is 0.500. The Morgan fingerprint density at radius 1 is 1.31 bits per heavy atom. The number of hydrogen-bond acceptors (Lipinski definition) is 2. The molecule has 0 fully saturated rings. The van der Waals surface area contributed by atoms with E-state index in [1.165, 1.54) is 5.56 Å². The van der Waals surface area contributed by atoms with Crippen molar-refractivity contribution in [3.05, 3.63) is 35.4 Å². The Labute approximate surface area is 97.6 Å². The molecular formula is C14H20O2. The minimum Gasteiger partial charge on any atom is -0.459 e. The topological polar surface area (TPSA) is 26.3 Å². The third-order valence-electron chi connectivity index (χ3n) is 2.67. The molecule has 16 heavy (non-hydrogen) atoms. The van der Waals surface area contributed by atoms with Crippen LogP contribution in [-0.4, -0.2) is 12.1 Å². The van der Waals surface area contributed by atoms with Gasteiger partial charge in [0, 0.05) is 0 Å². The predicted molar refractivity (Wildman–Crippen MR) is 65.7 cm³/mol. The first-order chi connectivity index (χ1) is 7.54. The minimum absolute atomic E-state index is 0.0183. The maximum Gasteiger partial charge on any atom is 0.338 e. The highest BCUT2D eigenvalue weighted by Crippen LogP contribution is 2.16. The molecule has 0 amide bonds. The van der Waals surface area contributed by atoms with Crippen LogP contribution in [0.15, 0.2) is 24.3 Å². The Kier molecular flexibility index (Phi) is 4.53. The molecule has 1 rings (SSSR count). The molecule has 0 saturated heterocycles. The van der Waals surface area contributed by atoms with Crippen LogP contribution in [0.1, 0.15) is 56.0 Å². The zero-order chi connectivity index (χ0) is 12.1. The Bertz CT molecular complexity index is 356. The molecule has 0 aromatic heterocycles. The lowest BCUT2D eigenvalue weighted by Crippen LogP contribution is -2.14. The lowest BCUT2D eigenvalue weighted by Gasteiger charge is -2.12. The maximum atomic E-state index is 11.8. The van der Waals surface area contributed by atoms with Gasteiger partial charge in [-0.25, -0.2) is 4.79 Å². The van der Waals surface area contributed by atoms with E-state index in [2.05, 4.69) is 13.8 Å². The van der Waals surface area contributed by atoms with Gasteiger partial charge in [0.25, 0.3) is 0 Å². The van der Waals surface area contributed by atoms with E-state index in [0.29, 0.717) is 11.5 Å². The Morgan fingerprint density at radius 2 is 2.00 bits per heavy atom. The van der Waals surface area contributed by atoms with Gasteiger partial charge in [0.1, 0.15) is 0 Å². The smallest absolute Gasteiger partial charge is 0.338 e. The van der Waals surface area contributed by atoms with Gasteiger partial charge in [-0.15, -0.1) is 0 Å². The van der Waals surface area contributed by atoms with Crippen LogP contribution in [-0.2, 0) is 4.74 Å². The van der Waals surface area contributed by atoms with Gasteiger partial charge in [0.15, 0.2) is 0 Å². The van der Waals surface area contributed by atoms with Crippen LogP contribution in [0.5, 0.6) is 0 Å². The van der Waals surface area contributed by atoms with Gasteiger partial charge in [-0.05, 0) is 37.0 Å². The van der Waals surface area contributed by atoms with Crippen LogP contribution < -0.4 is 0 Å². The van der Waals surface area contributed by atoms with Crippen molar-refractivity contribution in [3.63, 3.8) is 0 Å². The maximum absolute atomic E-state index is 11.8. The zero-order valence-electron chi connectivity index (χ0n) is 10.5. The lowest BCUT2D eigenvalue weighted by atomic mass is 10.0. The molecule has 0 radical (unpaired) electrons. The molecule has 0 aliphatic rings. The third-order valence-corrected chi connectivity index (χ3v) is 2.67. The molecule has 1 unspecified atom stereocenters. The zero-order valence-corrected chi connectivity index (χ0v) is 10.5. The number of benzene rings is 1. The van der Waals surface area contributed by atoms with Gasteiger partial charge in [0.05, 0.1) is 11.7 Å². The summed E-state index contributed by atoms with van der Waals surface area (Å²) in [4.78, 5) is 11.8. The SMILES string of the molecule is CCC(C)OC(=O)c1cccc(C(C)C)c1. The number of esters is 1.